The zero-order valence-electron chi connectivity index (χ0n) is 12.5. The average Bonchev–Trinajstić information content (AvgIpc) is 2.93. The van der Waals surface area contributed by atoms with Gasteiger partial charge in [0.05, 0.1) is 18.8 Å². The fourth-order valence-corrected chi connectivity index (χ4v) is 2.42. The Morgan fingerprint density at radius 1 is 1.17 bits per heavy atom. The number of rotatable bonds is 4. The molecule has 0 bridgehead atoms. The van der Waals surface area contributed by atoms with Gasteiger partial charge in [0.25, 0.3) is 5.91 Å². The molecule has 1 aliphatic heterocycles. The predicted molar refractivity (Wildman–Crippen MR) is 82.7 cm³/mol. The van der Waals surface area contributed by atoms with Gasteiger partial charge in [-0.25, -0.2) is 13.6 Å². The number of nitrogens with zero attached hydrogens (tertiary/aromatic N) is 1. The van der Waals surface area contributed by atoms with E-state index in [1.165, 1.54) is 41.3 Å². The molecule has 24 heavy (non-hydrogen) atoms. The molecule has 0 aliphatic carbocycles. The standard InChI is InChI=1S/C17H14F2N2O3/c18-12-4-1-3-11(7-12)16(22)20-9-15-10-21(17(23)24-15)14-6-2-5-13(19)8-14/h1-8,15H,9-10H2,(H,20,22). The Labute approximate surface area is 136 Å². The number of cyclic esters (lactones) is 1. The van der Waals surface area contributed by atoms with E-state index in [1.807, 2.05) is 0 Å². The maximum absolute atomic E-state index is 13.3. The minimum Gasteiger partial charge on any atom is -0.442 e. The molecule has 2 aromatic carbocycles. The molecule has 0 saturated carbocycles. The summed E-state index contributed by atoms with van der Waals surface area (Å²) >= 11 is 0. The van der Waals surface area contributed by atoms with Crippen molar-refractivity contribution < 1.29 is 23.1 Å². The first kappa shape index (κ1) is 15.9. The van der Waals surface area contributed by atoms with Crippen LogP contribution in [-0.4, -0.2) is 31.2 Å². The number of halogens is 2. The maximum Gasteiger partial charge on any atom is 0.414 e. The van der Waals surface area contributed by atoms with Crippen LogP contribution in [0.4, 0.5) is 19.3 Å². The van der Waals surface area contributed by atoms with Crippen LogP contribution >= 0.6 is 0 Å². The van der Waals surface area contributed by atoms with Gasteiger partial charge in [-0.2, -0.15) is 0 Å². The first-order chi connectivity index (χ1) is 11.5. The Morgan fingerprint density at radius 3 is 2.58 bits per heavy atom. The number of hydrogen-bond donors (Lipinski definition) is 1. The second-order valence-corrected chi connectivity index (χ2v) is 5.32. The van der Waals surface area contributed by atoms with Crippen molar-refractivity contribution in [2.45, 2.75) is 6.10 Å². The Kier molecular flexibility index (Phi) is 4.41. The first-order valence-electron chi connectivity index (χ1n) is 7.30. The Hall–Kier alpha value is -2.96. The molecule has 1 unspecified atom stereocenters. The molecule has 1 saturated heterocycles. The fraction of sp³-hybridized carbons (Fsp3) is 0.176. The zero-order chi connectivity index (χ0) is 17.1. The molecular formula is C17H14F2N2O3. The summed E-state index contributed by atoms with van der Waals surface area (Å²) in [5.41, 5.74) is 0.570. The summed E-state index contributed by atoms with van der Waals surface area (Å²) in [6, 6.07) is 10.9. The lowest BCUT2D eigenvalue weighted by Crippen LogP contribution is -2.34. The summed E-state index contributed by atoms with van der Waals surface area (Å²) in [5.74, 6) is -1.43. The number of carbonyl (C=O) groups excluding carboxylic acids is 2. The molecule has 1 fully saturated rings. The van der Waals surface area contributed by atoms with Gasteiger partial charge in [0, 0.05) is 5.56 Å². The largest absolute Gasteiger partial charge is 0.442 e. The van der Waals surface area contributed by atoms with E-state index in [1.54, 1.807) is 6.07 Å². The molecule has 1 atom stereocenters. The topological polar surface area (TPSA) is 58.6 Å². The molecule has 0 aromatic heterocycles. The van der Waals surface area contributed by atoms with Gasteiger partial charge in [0.1, 0.15) is 17.7 Å². The molecule has 1 N–H and O–H groups in total. The summed E-state index contributed by atoms with van der Waals surface area (Å²) < 4.78 is 31.5. The van der Waals surface area contributed by atoms with Crippen molar-refractivity contribution in [1.29, 1.82) is 0 Å². The van der Waals surface area contributed by atoms with Gasteiger partial charge >= 0.3 is 6.09 Å². The van der Waals surface area contributed by atoms with Gasteiger partial charge < -0.3 is 10.1 Å². The van der Waals surface area contributed by atoms with E-state index in [0.717, 1.165) is 6.07 Å². The van der Waals surface area contributed by atoms with Gasteiger partial charge in [0.15, 0.2) is 0 Å². The van der Waals surface area contributed by atoms with E-state index in [2.05, 4.69) is 5.32 Å². The van der Waals surface area contributed by atoms with E-state index < -0.39 is 29.7 Å². The van der Waals surface area contributed by atoms with Crippen molar-refractivity contribution in [3.63, 3.8) is 0 Å². The summed E-state index contributed by atoms with van der Waals surface area (Å²) in [7, 11) is 0. The van der Waals surface area contributed by atoms with Crippen molar-refractivity contribution in [2.75, 3.05) is 18.0 Å². The average molecular weight is 332 g/mol. The second kappa shape index (κ2) is 6.66. The van der Waals surface area contributed by atoms with E-state index in [-0.39, 0.29) is 18.7 Å². The van der Waals surface area contributed by atoms with E-state index in [4.69, 9.17) is 4.74 Å². The Bertz CT molecular complexity index is 782. The van der Waals surface area contributed by atoms with Crippen LogP contribution in [0.15, 0.2) is 48.5 Å². The summed E-state index contributed by atoms with van der Waals surface area (Å²) in [6.07, 6.45) is -1.18. The second-order valence-electron chi connectivity index (χ2n) is 5.32. The third kappa shape index (κ3) is 3.51. The lowest BCUT2D eigenvalue weighted by molar-refractivity contribution is 0.0915. The number of anilines is 1. The van der Waals surface area contributed by atoms with E-state index in [9.17, 15) is 18.4 Å². The minimum absolute atomic E-state index is 0.0763. The van der Waals surface area contributed by atoms with Crippen LogP contribution in [0.2, 0.25) is 0 Å². The van der Waals surface area contributed by atoms with Crippen LogP contribution in [0.1, 0.15) is 10.4 Å². The zero-order valence-corrected chi connectivity index (χ0v) is 12.5. The van der Waals surface area contributed by atoms with Crippen molar-refractivity contribution in [2.24, 2.45) is 0 Å². The third-order valence-corrected chi connectivity index (χ3v) is 3.57. The highest BCUT2D eigenvalue weighted by atomic mass is 19.1. The van der Waals surface area contributed by atoms with Crippen LogP contribution in [0.5, 0.6) is 0 Å². The normalized spacial score (nSPS) is 16.8. The number of hydrogen-bond acceptors (Lipinski definition) is 3. The highest BCUT2D eigenvalue weighted by Gasteiger charge is 2.32. The SMILES string of the molecule is O=C(NCC1CN(c2cccc(F)c2)C(=O)O1)c1cccc(F)c1. The van der Waals surface area contributed by atoms with Gasteiger partial charge in [0.2, 0.25) is 0 Å². The van der Waals surface area contributed by atoms with Gasteiger partial charge in [-0.1, -0.05) is 12.1 Å². The number of benzene rings is 2. The van der Waals surface area contributed by atoms with Crippen LogP contribution in [0, 0.1) is 11.6 Å². The summed E-state index contributed by atoms with van der Waals surface area (Å²) in [6.45, 7) is 0.263. The molecule has 124 valence electrons. The molecule has 2 amide bonds. The molecule has 0 spiro atoms. The molecule has 5 nitrogen and oxygen atoms in total. The van der Waals surface area contributed by atoms with Crippen LogP contribution < -0.4 is 10.2 Å². The van der Waals surface area contributed by atoms with Crippen molar-refractivity contribution in [3.8, 4) is 0 Å². The monoisotopic (exact) mass is 332 g/mol. The molecule has 3 rings (SSSR count). The number of amides is 2. The Morgan fingerprint density at radius 2 is 1.88 bits per heavy atom. The van der Waals surface area contributed by atoms with Gasteiger partial charge in [-0.3, -0.25) is 9.69 Å². The highest BCUT2D eigenvalue weighted by Crippen LogP contribution is 2.22. The maximum atomic E-state index is 13.3. The minimum atomic E-state index is -0.606. The molecular weight excluding hydrogens is 318 g/mol. The van der Waals surface area contributed by atoms with Crippen LogP contribution in [0.3, 0.4) is 0 Å². The number of ether oxygens (including phenoxy) is 1. The molecule has 7 heteroatoms. The third-order valence-electron chi connectivity index (χ3n) is 3.57. The lowest BCUT2D eigenvalue weighted by Gasteiger charge is -2.13. The smallest absolute Gasteiger partial charge is 0.414 e. The van der Waals surface area contributed by atoms with Gasteiger partial charge in [-0.15, -0.1) is 0 Å². The first-order valence-corrected chi connectivity index (χ1v) is 7.30. The number of nitrogens with one attached hydrogen (secondary N) is 1. The highest BCUT2D eigenvalue weighted by molar-refractivity contribution is 5.94. The molecule has 0 radical (unpaired) electrons. The van der Waals surface area contributed by atoms with Crippen molar-refractivity contribution >= 4 is 17.7 Å². The fourth-order valence-electron chi connectivity index (χ4n) is 2.42. The summed E-state index contributed by atoms with van der Waals surface area (Å²) in [5, 5.41) is 2.59. The van der Waals surface area contributed by atoms with E-state index in [0.29, 0.717) is 5.69 Å². The molecule has 1 heterocycles. The van der Waals surface area contributed by atoms with Crippen LogP contribution in [0.25, 0.3) is 0 Å². The van der Waals surface area contributed by atoms with Gasteiger partial charge in [-0.05, 0) is 36.4 Å². The van der Waals surface area contributed by atoms with E-state index >= 15 is 0 Å². The lowest BCUT2D eigenvalue weighted by atomic mass is 10.2. The summed E-state index contributed by atoms with van der Waals surface area (Å²) in [4.78, 5) is 25.1. The predicted octanol–water partition coefficient (Wildman–Crippen LogP) is 2.72. The Balaban J connectivity index is 1.59. The van der Waals surface area contributed by atoms with Crippen molar-refractivity contribution in [3.05, 3.63) is 65.7 Å². The molecule has 1 aliphatic rings. The molecule has 2 aromatic rings. The van der Waals surface area contributed by atoms with Crippen LogP contribution in [-0.2, 0) is 4.74 Å². The van der Waals surface area contributed by atoms with Crippen molar-refractivity contribution in [1.82, 2.24) is 5.32 Å². The number of carbonyl (C=O) groups is 2. The quantitative estimate of drug-likeness (QED) is 0.936.